The average Bonchev–Trinajstić information content (AvgIpc) is 2.64. The zero-order valence-electron chi connectivity index (χ0n) is 17.7. The zero-order valence-corrected chi connectivity index (χ0v) is 20.0. The number of hydrogen-bond donors (Lipinski definition) is 2. The predicted molar refractivity (Wildman–Crippen MR) is 125 cm³/mol. The lowest BCUT2D eigenvalue weighted by molar-refractivity contribution is 0.0168. The van der Waals surface area contributed by atoms with Crippen LogP contribution in [-0.2, 0) is 4.74 Å². The quantitative estimate of drug-likeness (QED) is 0.369. The van der Waals surface area contributed by atoms with Gasteiger partial charge in [0.15, 0.2) is 5.96 Å². The average molecular weight is 502 g/mol. The summed E-state index contributed by atoms with van der Waals surface area (Å²) >= 11 is 0. The summed E-state index contributed by atoms with van der Waals surface area (Å²) in [6.07, 6.45) is 1.88. The van der Waals surface area contributed by atoms with Crippen LogP contribution >= 0.6 is 24.0 Å². The minimum absolute atomic E-state index is 0. The minimum atomic E-state index is -0.457. The van der Waals surface area contributed by atoms with Crippen molar-refractivity contribution in [2.24, 2.45) is 10.9 Å². The van der Waals surface area contributed by atoms with Crippen LogP contribution in [0.4, 0.5) is 4.79 Å². The molecule has 1 fully saturated rings. The number of likely N-dealkylation sites (tertiary alicyclic amines) is 1. The number of carbonyl (C=O) groups is 1. The summed E-state index contributed by atoms with van der Waals surface area (Å²) in [4.78, 5) is 18.5. The number of halogens is 1. The highest BCUT2D eigenvalue weighted by atomic mass is 127. The van der Waals surface area contributed by atoms with Gasteiger partial charge in [0.2, 0.25) is 0 Å². The largest absolute Gasteiger partial charge is 0.444 e. The number of guanidine groups is 1. The van der Waals surface area contributed by atoms with Gasteiger partial charge in [-0.25, -0.2) is 4.79 Å². The molecular weight excluding hydrogens is 467 g/mol. The van der Waals surface area contributed by atoms with E-state index in [1.54, 1.807) is 7.05 Å². The van der Waals surface area contributed by atoms with Crippen LogP contribution in [0.3, 0.4) is 0 Å². The van der Waals surface area contributed by atoms with E-state index in [4.69, 9.17) is 4.74 Å². The fourth-order valence-corrected chi connectivity index (χ4v) is 3.19. The van der Waals surface area contributed by atoms with Gasteiger partial charge in [0.25, 0.3) is 0 Å². The summed E-state index contributed by atoms with van der Waals surface area (Å²) in [6.45, 7) is 10.1. The van der Waals surface area contributed by atoms with Gasteiger partial charge in [0.05, 0.1) is 6.04 Å². The van der Waals surface area contributed by atoms with Crippen molar-refractivity contribution in [3.63, 3.8) is 0 Å². The monoisotopic (exact) mass is 502 g/mol. The molecular formula is C21H35IN4O2. The maximum absolute atomic E-state index is 12.3. The molecule has 0 aliphatic carbocycles. The Balaban J connectivity index is 0.00000392. The second-order valence-corrected chi connectivity index (χ2v) is 8.16. The summed E-state index contributed by atoms with van der Waals surface area (Å²) < 4.78 is 5.50. The maximum Gasteiger partial charge on any atom is 0.410 e. The third kappa shape index (κ3) is 8.24. The molecule has 0 radical (unpaired) electrons. The van der Waals surface area contributed by atoms with E-state index >= 15 is 0 Å². The van der Waals surface area contributed by atoms with E-state index < -0.39 is 5.60 Å². The highest BCUT2D eigenvalue weighted by molar-refractivity contribution is 14.0. The third-order valence-electron chi connectivity index (χ3n) is 4.61. The topological polar surface area (TPSA) is 66.0 Å². The van der Waals surface area contributed by atoms with Gasteiger partial charge >= 0.3 is 6.09 Å². The van der Waals surface area contributed by atoms with Crippen molar-refractivity contribution in [1.82, 2.24) is 15.5 Å². The molecule has 2 atom stereocenters. The first-order chi connectivity index (χ1) is 12.8. The molecule has 0 aromatic heterocycles. The Hall–Kier alpha value is -1.51. The summed E-state index contributed by atoms with van der Waals surface area (Å²) in [5.41, 5.74) is 0.760. The van der Waals surface area contributed by atoms with Gasteiger partial charge in [-0.2, -0.15) is 0 Å². The molecule has 1 aliphatic heterocycles. The van der Waals surface area contributed by atoms with Crippen LogP contribution in [0.15, 0.2) is 35.3 Å². The lowest BCUT2D eigenvalue weighted by Gasteiger charge is -2.34. The van der Waals surface area contributed by atoms with Gasteiger partial charge in [-0.3, -0.25) is 4.99 Å². The van der Waals surface area contributed by atoms with Crippen molar-refractivity contribution >= 4 is 36.0 Å². The standard InChI is InChI=1S/C21H34N4O2.HI/c1-16(18-11-7-6-8-12-18)24-19(22-5)23-14-17-10-9-13-25(15-17)20(26)27-21(2,3)4;/h6-8,11-12,16-17H,9-10,13-15H2,1-5H3,(H2,22,23,24);1H. The molecule has 0 spiro atoms. The van der Waals surface area contributed by atoms with E-state index in [0.717, 1.165) is 31.9 Å². The van der Waals surface area contributed by atoms with E-state index in [1.807, 2.05) is 43.9 Å². The lowest BCUT2D eigenvalue weighted by atomic mass is 9.98. The van der Waals surface area contributed by atoms with E-state index in [0.29, 0.717) is 12.5 Å². The number of nitrogens with one attached hydrogen (secondary N) is 2. The molecule has 1 heterocycles. The Morgan fingerprint density at radius 2 is 2.00 bits per heavy atom. The molecule has 1 aliphatic rings. The van der Waals surface area contributed by atoms with Gasteiger partial charge < -0.3 is 20.3 Å². The molecule has 1 saturated heterocycles. The Morgan fingerprint density at radius 1 is 1.32 bits per heavy atom. The van der Waals surface area contributed by atoms with Gasteiger partial charge in [0, 0.05) is 26.7 Å². The minimum Gasteiger partial charge on any atom is -0.444 e. The summed E-state index contributed by atoms with van der Waals surface area (Å²) in [5.74, 6) is 1.16. The van der Waals surface area contributed by atoms with Crippen molar-refractivity contribution in [2.45, 2.75) is 52.2 Å². The lowest BCUT2D eigenvalue weighted by Crippen LogP contribution is -2.47. The smallest absolute Gasteiger partial charge is 0.410 e. The number of amides is 1. The van der Waals surface area contributed by atoms with E-state index in [-0.39, 0.29) is 36.1 Å². The second kappa shape index (κ2) is 11.5. The van der Waals surface area contributed by atoms with Gasteiger partial charge in [-0.15, -0.1) is 24.0 Å². The van der Waals surface area contributed by atoms with E-state index in [1.165, 1.54) is 5.56 Å². The second-order valence-electron chi connectivity index (χ2n) is 8.16. The fraction of sp³-hybridized carbons (Fsp3) is 0.619. The molecule has 0 bridgehead atoms. The van der Waals surface area contributed by atoms with Crippen molar-refractivity contribution in [1.29, 1.82) is 0 Å². The Bertz CT molecular complexity index is 631. The van der Waals surface area contributed by atoms with Gasteiger partial charge in [-0.05, 0) is 52.0 Å². The summed E-state index contributed by atoms with van der Waals surface area (Å²) in [5, 5.41) is 6.83. The van der Waals surface area contributed by atoms with Crippen molar-refractivity contribution in [3.8, 4) is 0 Å². The molecule has 2 unspecified atom stereocenters. The first-order valence-corrected chi connectivity index (χ1v) is 9.78. The maximum atomic E-state index is 12.3. The normalized spacial score (nSPS) is 18.7. The van der Waals surface area contributed by atoms with Crippen LogP contribution < -0.4 is 10.6 Å². The van der Waals surface area contributed by atoms with Crippen molar-refractivity contribution < 1.29 is 9.53 Å². The summed E-state index contributed by atoms with van der Waals surface area (Å²) in [6, 6.07) is 10.5. The molecule has 0 saturated carbocycles. The van der Waals surface area contributed by atoms with E-state index in [9.17, 15) is 4.79 Å². The molecule has 158 valence electrons. The third-order valence-corrected chi connectivity index (χ3v) is 4.61. The number of carbonyl (C=O) groups excluding carboxylic acids is 1. The molecule has 1 aromatic rings. The Morgan fingerprint density at radius 3 is 2.61 bits per heavy atom. The van der Waals surface area contributed by atoms with Crippen LogP contribution in [-0.4, -0.2) is 49.2 Å². The molecule has 2 N–H and O–H groups in total. The molecule has 6 nitrogen and oxygen atoms in total. The predicted octanol–water partition coefficient (Wildman–Crippen LogP) is 4.18. The van der Waals surface area contributed by atoms with E-state index in [2.05, 4.69) is 34.7 Å². The number of rotatable bonds is 4. The van der Waals surface area contributed by atoms with Gasteiger partial charge in [0.1, 0.15) is 5.60 Å². The number of benzene rings is 1. The van der Waals surface area contributed by atoms with Crippen LogP contribution in [0, 0.1) is 5.92 Å². The summed E-state index contributed by atoms with van der Waals surface area (Å²) in [7, 11) is 1.78. The molecule has 2 rings (SSSR count). The number of nitrogens with zero attached hydrogens (tertiary/aromatic N) is 2. The zero-order chi connectivity index (χ0) is 19.9. The van der Waals surface area contributed by atoms with Crippen LogP contribution in [0.2, 0.25) is 0 Å². The van der Waals surface area contributed by atoms with Crippen LogP contribution in [0.1, 0.15) is 52.1 Å². The number of hydrogen-bond acceptors (Lipinski definition) is 3. The fourth-order valence-electron chi connectivity index (χ4n) is 3.19. The SMILES string of the molecule is CN=C(NCC1CCCN(C(=O)OC(C)(C)C)C1)NC(C)c1ccccc1.I. The van der Waals surface area contributed by atoms with Crippen LogP contribution in [0.25, 0.3) is 0 Å². The first kappa shape index (κ1) is 24.5. The first-order valence-electron chi connectivity index (χ1n) is 9.78. The number of piperidine rings is 1. The van der Waals surface area contributed by atoms with Crippen molar-refractivity contribution in [2.75, 3.05) is 26.7 Å². The highest BCUT2D eigenvalue weighted by Crippen LogP contribution is 2.19. The molecule has 28 heavy (non-hydrogen) atoms. The Kier molecular flexibility index (Phi) is 10.1. The van der Waals surface area contributed by atoms with Crippen molar-refractivity contribution in [3.05, 3.63) is 35.9 Å². The molecule has 7 heteroatoms. The van der Waals surface area contributed by atoms with Crippen LogP contribution in [0.5, 0.6) is 0 Å². The van der Waals surface area contributed by atoms with Gasteiger partial charge in [-0.1, -0.05) is 30.3 Å². The highest BCUT2D eigenvalue weighted by Gasteiger charge is 2.27. The number of ether oxygens (including phenoxy) is 1. The molecule has 1 aromatic carbocycles. The Labute approximate surface area is 186 Å². The number of aliphatic imine (C=N–C) groups is 1. The molecule has 1 amide bonds.